The number of nitrogens with one attached hydrogen (secondary N) is 1. The first-order valence-electron chi connectivity index (χ1n) is 5.67. The van der Waals surface area contributed by atoms with E-state index in [4.69, 9.17) is 27.8 Å². The van der Waals surface area contributed by atoms with Crippen LogP contribution in [0.3, 0.4) is 0 Å². The Hall–Kier alpha value is -2.47. The van der Waals surface area contributed by atoms with Crippen LogP contribution in [0.5, 0.6) is 5.75 Å². The summed E-state index contributed by atoms with van der Waals surface area (Å²) in [6.07, 6.45) is 1.37. The normalized spacial score (nSPS) is 10.1. The zero-order chi connectivity index (χ0) is 14.7. The van der Waals surface area contributed by atoms with Crippen LogP contribution in [-0.4, -0.2) is 18.0 Å². The van der Waals surface area contributed by atoms with E-state index in [1.54, 1.807) is 18.2 Å². The number of aromatic nitrogens is 1. The first-order valence-corrected chi connectivity index (χ1v) is 6.05. The van der Waals surface area contributed by atoms with E-state index in [-0.39, 0.29) is 11.3 Å². The highest BCUT2D eigenvalue weighted by Gasteiger charge is 2.09. The Morgan fingerprint density at radius 3 is 2.80 bits per heavy atom. The number of carbonyl (C=O) groups is 1. The van der Waals surface area contributed by atoms with Crippen LogP contribution in [0.2, 0.25) is 5.02 Å². The molecule has 0 aliphatic rings. The van der Waals surface area contributed by atoms with Crippen LogP contribution in [0.4, 0.5) is 17.2 Å². The molecule has 0 unspecified atom stereocenters. The fraction of sp³-hybridized carbons (Fsp3) is 0.0769. The summed E-state index contributed by atoms with van der Waals surface area (Å²) in [5.41, 5.74) is 12.0. The molecule has 6 nitrogen and oxygen atoms in total. The van der Waals surface area contributed by atoms with Gasteiger partial charge in [0.25, 0.3) is 5.91 Å². The van der Waals surface area contributed by atoms with E-state index in [0.717, 1.165) is 0 Å². The number of halogens is 1. The van der Waals surface area contributed by atoms with Crippen molar-refractivity contribution in [1.29, 1.82) is 0 Å². The molecule has 0 atom stereocenters. The fourth-order valence-electron chi connectivity index (χ4n) is 1.63. The average molecular weight is 293 g/mol. The lowest BCUT2D eigenvalue weighted by Gasteiger charge is -2.10. The van der Waals surface area contributed by atoms with E-state index in [1.165, 1.54) is 19.4 Å². The van der Waals surface area contributed by atoms with Gasteiger partial charge in [0.1, 0.15) is 11.6 Å². The molecule has 0 aliphatic carbocycles. The Morgan fingerprint density at radius 2 is 2.15 bits per heavy atom. The maximum atomic E-state index is 11.2. The van der Waals surface area contributed by atoms with Gasteiger partial charge in [0.2, 0.25) is 0 Å². The monoisotopic (exact) mass is 292 g/mol. The molecule has 1 aromatic heterocycles. The summed E-state index contributed by atoms with van der Waals surface area (Å²) in [5.74, 6) is 0.362. The summed E-state index contributed by atoms with van der Waals surface area (Å²) < 4.78 is 5.12. The summed E-state index contributed by atoms with van der Waals surface area (Å²) in [5, 5.41) is 3.52. The number of nitrogens with zero attached hydrogens (tertiary/aromatic N) is 1. The lowest BCUT2D eigenvalue weighted by molar-refractivity contribution is 0.100. The van der Waals surface area contributed by atoms with Gasteiger partial charge in [-0.05, 0) is 18.2 Å². The molecule has 0 spiro atoms. The molecular weight excluding hydrogens is 280 g/mol. The van der Waals surface area contributed by atoms with Gasteiger partial charge in [-0.15, -0.1) is 0 Å². The number of methoxy groups -OCH3 is 1. The molecule has 1 heterocycles. The number of benzene rings is 1. The Labute approximate surface area is 120 Å². The standard InChI is InChI=1S/C13H13ClN4O2/c1-20-11-4-7(2-3-9(11)14)18-12-5-8(13(16)19)10(15)6-17-12/h2-6H,15H2,1H3,(H2,16,19)(H,17,18). The SMILES string of the molecule is COc1cc(Nc2cc(C(N)=O)c(N)cn2)ccc1Cl. The molecule has 0 aliphatic heterocycles. The Kier molecular flexibility index (Phi) is 3.95. The second-order valence-corrected chi connectivity index (χ2v) is 4.40. The highest BCUT2D eigenvalue weighted by molar-refractivity contribution is 6.32. The second-order valence-electron chi connectivity index (χ2n) is 4.00. The Morgan fingerprint density at radius 1 is 1.40 bits per heavy atom. The molecule has 104 valence electrons. The van der Waals surface area contributed by atoms with Gasteiger partial charge in [-0.3, -0.25) is 4.79 Å². The number of hydrogen-bond donors (Lipinski definition) is 3. The summed E-state index contributed by atoms with van der Waals surface area (Å²) in [7, 11) is 1.53. The van der Waals surface area contributed by atoms with Crippen molar-refractivity contribution in [2.24, 2.45) is 5.73 Å². The third kappa shape index (κ3) is 2.92. The first kappa shape index (κ1) is 14.0. The second kappa shape index (κ2) is 5.66. The molecular formula is C13H13ClN4O2. The molecule has 1 amide bonds. The minimum atomic E-state index is -0.610. The number of rotatable bonds is 4. The maximum Gasteiger partial charge on any atom is 0.250 e. The van der Waals surface area contributed by atoms with E-state index in [2.05, 4.69) is 10.3 Å². The third-order valence-electron chi connectivity index (χ3n) is 2.62. The van der Waals surface area contributed by atoms with Crippen molar-refractivity contribution in [1.82, 2.24) is 4.98 Å². The number of anilines is 3. The molecule has 2 rings (SSSR count). The number of hydrogen-bond acceptors (Lipinski definition) is 5. The van der Waals surface area contributed by atoms with Crippen LogP contribution in [0.25, 0.3) is 0 Å². The van der Waals surface area contributed by atoms with Gasteiger partial charge in [0.05, 0.1) is 29.6 Å². The van der Waals surface area contributed by atoms with Gasteiger partial charge in [0, 0.05) is 11.8 Å². The van der Waals surface area contributed by atoms with Crippen LogP contribution in [0.15, 0.2) is 30.5 Å². The van der Waals surface area contributed by atoms with Crippen molar-refractivity contribution >= 4 is 34.7 Å². The van der Waals surface area contributed by atoms with Crippen molar-refractivity contribution in [2.45, 2.75) is 0 Å². The highest BCUT2D eigenvalue weighted by atomic mass is 35.5. The third-order valence-corrected chi connectivity index (χ3v) is 2.94. The van der Waals surface area contributed by atoms with Crippen molar-refractivity contribution < 1.29 is 9.53 Å². The zero-order valence-electron chi connectivity index (χ0n) is 10.7. The summed E-state index contributed by atoms with van der Waals surface area (Å²) in [6.45, 7) is 0. The van der Waals surface area contributed by atoms with Gasteiger partial charge in [0.15, 0.2) is 0 Å². The van der Waals surface area contributed by atoms with Gasteiger partial charge in [-0.25, -0.2) is 4.98 Å². The average Bonchev–Trinajstić information content (AvgIpc) is 2.42. The number of amides is 1. The molecule has 0 bridgehead atoms. The summed E-state index contributed by atoms with van der Waals surface area (Å²) >= 11 is 5.94. The van der Waals surface area contributed by atoms with Crippen molar-refractivity contribution in [3.8, 4) is 5.75 Å². The highest BCUT2D eigenvalue weighted by Crippen LogP contribution is 2.29. The number of ether oxygens (including phenoxy) is 1. The topological polar surface area (TPSA) is 103 Å². The Balaban J connectivity index is 2.30. The van der Waals surface area contributed by atoms with Crippen LogP contribution in [0.1, 0.15) is 10.4 Å². The molecule has 7 heteroatoms. The molecule has 0 saturated carbocycles. The van der Waals surface area contributed by atoms with Crippen molar-refractivity contribution in [3.63, 3.8) is 0 Å². The minimum Gasteiger partial charge on any atom is -0.495 e. The van der Waals surface area contributed by atoms with E-state index < -0.39 is 5.91 Å². The first-order chi connectivity index (χ1) is 9.51. The molecule has 1 aromatic carbocycles. The molecule has 0 saturated heterocycles. The quantitative estimate of drug-likeness (QED) is 0.801. The van der Waals surface area contributed by atoms with Gasteiger partial charge in [-0.2, -0.15) is 0 Å². The Bertz CT molecular complexity index is 661. The lowest BCUT2D eigenvalue weighted by atomic mass is 10.2. The lowest BCUT2D eigenvalue weighted by Crippen LogP contribution is -2.14. The van der Waals surface area contributed by atoms with E-state index in [1.807, 2.05) is 0 Å². The van der Waals surface area contributed by atoms with Gasteiger partial charge in [-0.1, -0.05) is 11.6 Å². The van der Waals surface area contributed by atoms with E-state index in [9.17, 15) is 4.79 Å². The maximum absolute atomic E-state index is 11.2. The fourth-order valence-corrected chi connectivity index (χ4v) is 1.83. The summed E-state index contributed by atoms with van der Waals surface area (Å²) in [4.78, 5) is 15.3. The van der Waals surface area contributed by atoms with Gasteiger partial charge < -0.3 is 21.5 Å². The predicted molar refractivity (Wildman–Crippen MR) is 78.5 cm³/mol. The van der Waals surface area contributed by atoms with Gasteiger partial charge >= 0.3 is 0 Å². The van der Waals surface area contributed by atoms with Crippen molar-refractivity contribution in [3.05, 3.63) is 41.0 Å². The predicted octanol–water partition coefficient (Wildman–Crippen LogP) is 2.17. The van der Waals surface area contributed by atoms with E-state index >= 15 is 0 Å². The number of nitrogens with two attached hydrogens (primary N) is 2. The minimum absolute atomic E-state index is 0.212. The molecule has 0 radical (unpaired) electrons. The molecule has 20 heavy (non-hydrogen) atoms. The number of carbonyl (C=O) groups excluding carboxylic acids is 1. The van der Waals surface area contributed by atoms with Crippen LogP contribution in [0, 0.1) is 0 Å². The molecule has 5 N–H and O–H groups in total. The van der Waals surface area contributed by atoms with Crippen molar-refractivity contribution in [2.75, 3.05) is 18.2 Å². The summed E-state index contributed by atoms with van der Waals surface area (Å²) in [6, 6.07) is 6.64. The smallest absolute Gasteiger partial charge is 0.250 e. The number of primary amides is 1. The zero-order valence-corrected chi connectivity index (χ0v) is 11.4. The van der Waals surface area contributed by atoms with Crippen LogP contribution < -0.4 is 21.5 Å². The molecule has 2 aromatic rings. The number of pyridine rings is 1. The number of nitrogen functional groups attached to an aromatic ring is 1. The largest absolute Gasteiger partial charge is 0.495 e. The van der Waals surface area contributed by atoms with Crippen LogP contribution in [-0.2, 0) is 0 Å². The van der Waals surface area contributed by atoms with Crippen LogP contribution >= 0.6 is 11.6 Å². The van der Waals surface area contributed by atoms with E-state index in [0.29, 0.717) is 22.3 Å². The molecule has 0 fully saturated rings.